The molecule has 3 aliphatic heterocycles. The summed E-state index contributed by atoms with van der Waals surface area (Å²) >= 11 is 0. The first-order chi connectivity index (χ1) is 14.5. The Kier molecular flexibility index (Phi) is 4.71. The quantitative estimate of drug-likeness (QED) is 0.617. The van der Waals surface area contributed by atoms with Crippen LogP contribution in [-0.4, -0.2) is 53.2 Å². The molecule has 0 spiro atoms. The van der Waals surface area contributed by atoms with Crippen LogP contribution in [0.2, 0.25) is 0 Å². The van der Waals surface area contributed by atoms with Crippen molar-refractivity contribution in [2.75, 3.05) is 13.1 Å². The molecule has 30 heavy (non-hydrogen) atoms. The lowest BCUT2D eigenvalue weighted by Gasteiger charge is -2.33. The number of carbonyl (C=O) groups is 4. The molecule has 3 atom stereocenters. The lowest BCUT2D eigenvalue weighted by molar-refractivity contribution is -0.136. The van der Waals surface area contributed by atoms with Crippen molar-refractivity contribution >= 4 is 23.6 Å². The van der Waals surface area contributed by atoms with Gasteiger partial charge in [0, 0.05) is 25.0 Å². The van der Waals surface area contributed by atoms with E-state index in [4.69, 9.17) is 0 Å². The van der Waals surface area contributed by atoms with E-state index >= 15 is 0 Å². The Morgan fingerprint density at radius 1 is 1.10 bits per heavy atom. The Labute approximate surface area is 174 Å². The van der Waals surface area contributed by atoms with E-state index in [1.807, 2.05) is 6.07 Å². The third-order valence-corrected chi connectivity index (χ3v) is 7.01. The van der Waals surface area contributed by atoms with Crippen molar-refractivity contribution in [1.82, 2.24) is 20.9 Å². The van der Waals surface area contributed by atoms with Crippen LogP contribution in [0.5, 0.6) is 0 Å². The molecule has 2 unspecified atom stereocenters. The van der Waals surface area contributed by atoms with Crippen LogP contribution in [0.15, 0.2) is 18.2 Å². The fraction of sp³-hybridized carbons (Fsp3) is 0.545. The molecule has 2 saturated heterocycles. The van der Waals surface area contributed by atoms with Gasteiger partial charge in [0.25, 0.3) is 11.8 Å². The third-order valence-electron chi connectivity index (χ3n) is 7.01. The van der Waals surface area contributed by atoms with Gasteiger partial charge in [-0.3, -0.25) is 29.4 Å². The van der Waals surface area contributed by atoms with E-state index in [1.54, 1.807) is 12.1 Å². The first kappa shape index (κ1) is 19.4. The zero-order valence-electron chi connectivity index (χ0n) is 16.8. The third kappa shape index (κ3) is 3.24. The number of hydrogen-bond acceptors (Lipinski definition) is 6. The molecule has 2 bridgehead atoms. The lowest BCUT2D eigenvalue weighted by Crippen LogP contribution is -2.54. The van der Waals surface area contributed by atoms with Crippen LogP contribution in [0, 0.1) is 5.92 Å². The van der Waals surface area contributed by atoms with Crippen LogP contribution in [0.3, 0.4) is 0 Å². The highest BCUT2D eigenvalue weighted by Gasteiger charge is 2.45. The minimum absolute atomic E-state index is 0.121. The highest BCUT2D eigenvalue weighted by Crippen LogP contribution is 2.37. The zero-order chi connectivity index (χ0) is 20.9. The molecule has 4 aliphatic rings. The summed E-state index contributed by atoms with van der Waals surface area (Å²) in [6.45, 7) is 2.60. The maximum absolute atomic E-state index is 12.9. The van der Waals surface area contributed by atoms with Gasteiger partial charge in [0.05, 0.1) is 11.1 Å². The van der Waals surface area contributed by atoms with Gasteiger partial charge in [0.15, 0.2) is 0 Å². The maximum Gasteiger partial charge on any atom is 0.262 e. The van der Waals surface area contributed by atoms with Gasteiger partial charge in [-0.1, -0.05) is 12.5 Å². The van der Waals surface area contributed by atoms with Crippen molar-refractivity contribution in [2.24, 2.45) is 5.92 Å². The Bertz CT molecular complexity index is 941. The van der Waals surface area contributed by atoms with Crippen LogP contribution in [0.4, 0.5) is 0 Å². The predicted molar refractivity (Wildman–Crippen MR) is 108 cm³/mol. The predicted octanol–water partition coefficient (Wildman–Crippen LogP) is 0.710. The number of imide groups is 2. The molecule has 3 fully saturated rings. The molecule has 1 aromatic carbocycles. The van der Waals surface area contributed by atoms with Crippen molar-refractivity contribution in [3.05, 3.63) is 34.9 Å². The molecule has 1 aromatic rings. The van der Waals surface area contributed by atoms with Gasteiger partial charge in [0.2, 0.25) is 11.8 Å². The average Bonchev–Trinajstić information content (AvgIpc) is 3.15. The first-order valence-electron chi connectivity index (χ1n) is 10.8. The van der Waals surface area contributed by atoms with Gasteiger partial charge in [0.1, 0.15) is 6.04 Å². The van der Waals surface area contributed by atoms with E-state index in [0.717, 1.165) is 29.5 Å². The number of carbonyl (C=O) groups excluding carboxylic acids is 4. The standard InChI is InChI=1S/C22H26N4O4/c27-18-6-5-17(19(28)25-18)26-20(29)15-4-3-13(8-16(15)21(26)30)10-23-12-22-7-1-2-14(9-22)11-24-22/h3-4,8,14,17,23-24H,1-2,5-7,9-12H2,(H,25,27,28)/t14?,17?,22-/m1/s1. The summed E-state index contributed by atoms with van der Waals surface area (Å²) in [7, 11) is 0. The minimum atomic E-state index is -0.927. The highest BCUT2D eigenvalue weighted by atomic mass is 16.2. The van der Waals surface area contributed by atoms with Crippen molar-refractivity contribution < 1.29 is 19.2 Å². The largest absolute Gasteiger partial charge is 0.311 e. The molecule has 1 aliphatic carbocycles. The molecule has 158 valence electrons. The SMILES string of the molecule is O=C1CCC(N2C(=O)c3ccc(CNC[C@]45CCCC(CN4)C5)cc3C2=O)C(=O)N1. The van der Waals surface area contributed by atoms with Crippen LogP contribution in [0.25, 0.3) is 0 Å². The van der Waals surface area contributed by atoms with E-state index in [0.29, 0.717) is 17.7 Å². The van der Waals surface area contributed by atoms with Gasteiger partial charge in [-0.05, 0) is 55.8 Å². The van der Waals surface area contributed by atoms with Crippen LogP contribution < -0.4 is 16.0 Å². The molecular weight excluding hydrogens is 384 g/mol. The van der Waals surface area contributed by atoms with Crippen LogP contribution in [0.1, 0.15) is 64.8 Å². The Morgan fingerprint density at radius 3 is 2.77 bits per heavy atom. The first-order valence-corrected chi connectivity index (χ1v) is 10.8. The van der Waals surface area contributed by atoms with Crippen molar-refractivity contribution in [2.45, 2.75) is 56.7 Å². The zero-order valence-corrected chi connectivity index (χ0v) is 16.8. The Morgan fingerprint density at radius 2 is 1.93 bits per heavy atom. The number of amides is 4. The van der Waals surface area contributed by atoms with Crippen molar-refractivity contribution in [3.63, 3.8) is 0 Å². The number of rotatable bonds is 5. The summed E-state index contributed by atoms with van der Waals surface area (Å²) in [5.41, 5.74) is 1.77. The van der Waals surface area contributed by atoms with Gasteiger partial charge in [-0.25, -0.2) is 0 Å². The van der Waals surface area contributed by atoms with E-state index in [9.17, 15) is 19.2 Å². The van der Waals surface area contributed by atoms with Gasteiger partial charge in [-0.15, -0.1) is 0 Å². The van der Waals surface area contributed by atoms with Gasteiger partial charge < -0.3 is 10.6 Å². The number of piperidine rings is 1. The molecule has 8 heteroatoms. The second kappa shape index (κ2) is 7.28. The van der Waals surface area contributed by atoms with Crippen molar-refractivity contribution in [3.8, 4) is 0 Å². The molecule has 3 N–H and O–H groups in total. The minimum Gasteiger partial charge on any atom is -0.311 e. The molecule has 3 heterocycles. The molecule has 0 radical (unpaired) electrons. The number of nitrogens with one attached hydrogen (secondary N) is 3. The average molecular weight is 410 g/mol. The highest BCUT2D eigenvalue weighted by molar-refractivity contribution is 6.23. The fourth-order valence-corrected chi connectivity index (χ4v) is 5.48. The van der Waals surface area contributed by atoms with Crippen LogP contribution >= 0.6 is 0 Å². The van der Waals surface area contributed by atoms with E-state index < -0.39 is 23.8 Å². The van der Waals surface area contributed by atoms with Crippen LogP contribution in [-0.2, 0) is 16.1 Å². The number of hydrogen-bond donors (Lipinski definition) is 3. The summed E-state index contributed by atoms with van der Waals surface area (Å²) in [4.78, 5) is 50.2. The second-order valence-corrected chi connectivity index (χ2v) is 9.05. The summed E-state index contributed by atoms with van der Waals surface area (Å²) in [6, 6.07) is 4.34. The van der Waals surface area contributed by atoms with Gasteiger partial charge in [-0.2, -0.15) is 0 Å². The summed E-state index contributed by atoms with van der Waals surface area (Å²) in [5.74, 6) is -1.09. The smallest absolute Gasteiger partial charge is 0.262 e. The second-order valence-electron chi connectivity index (χ2n) is 9.05. The Balaban J connectivity index is 1.27. The summed E-state index contributed by atoms with van der Waals surface area (Å²) in [6.07, 6.45) is 5.29. The molecule has 1 saturated carbocycles. The summed E-state index contributed by atoms with van der Waals surface area (Å²) in [5, 5.41) is 9.43. The van der Waals surface area contributed by atoms with E-state index in [-0.39, 0.29) is 24.3 Å². The summed E-state index contributed by atoms with van der Waals surface area (Å²) < 4.78 is 0. The number of fused-ring (bicyclic) bond motifs is 3. The van der Waals surface area contributed by atoms with E-state index in [2.05, 4.69) is 16.0 Å². The fourth-order valence-electron chi connectivity index (χ4n) is 5.48. The Hall–Kier alpha value is -2.58. The molecule has 8 nitrogen and oxygen atoms in total. The maximum atomic E-state index is 12.9. The number of benzene rings is 1. The normalized spacial score (nSPS) is 30.6. The monoisotopic (exact) mass is 410 g/mol. The number of nitrogens with zero attached hydrogens (tertiary/aromatic N) is 1. The van der Waals surface area contributed by atoms with Gasteiger partial charge >= 0.3 is 0 Å². The lowest BCUT2D eigenvalue weighted by atomic mass is 9.80. The molecule has 0 aromatic heterocycles. The molecule has 4 amide bonds. The topological polar surface area (TPSA) is 108 Å². The molecular formula is C22H26N4O4. The van der Waals surface area contributed by atoms with E-state index in [1.165, 1.54) is 25.7 Å². The molecule has 5 rings (SSSR count). The van der Waals surface area contributed by atoms with Crippen molar-refractivity contribution in [1.29, 1.82) is 0 Å².